The molecule has 1 N–H and O–H groups in total. The summed E-state index contributed by atoms with van der Waals surface area (Å²) in [7, 11) is -0.848. The van der Waals surface area contributed by atoms with Crippen LogP contribution in [0.25, 0.3) is 20.8 Å². The highest BCUT2D eigenvalue weighted by Gasteiger charge is 2.35. The molecule has 0 aromatic carbocycles. The van der Waals surface area contributed by atoms with Crippen molar-refractivity contribution < 1.29 is 8.42 Å². The molecule has 0 radical (unpaired) electrons. The molecule has 0 spiro atoms. The zero-order chi connectivity index (χ0) is 27.4. The Labute approximate surface area is 236 Å². The Balaban J connectivity index is 1.12. The zero-order valence-corrected chi connectivity index (χ0v) is 23.7. The van der Waals surface area contributed by atoms with Gasteiger partial charge in [0, 0.05) is 62.0 Å². The fourth-order valence-electron chi connectivity index (χ4n) is 5.21. The summed E-state index contributed by atoms with van der Waals surface area (Å²) < 4.78 is 24.6. The van der Waals surface area contributed by atoms with Gasteiger partial charge in [0.1, 0.15) is 28.5 Å². The quantitative estimate of drug-likeness (QED) is 0.354. The Hall–Kier alpha value is -3.86. The van der Waals surface area contributed by atoms with Gasteiger partial charge in [-0.3, -0.25) is 4.90 Å². The summed E-state index contributed by atoms with van der Waals surface area (Å²) in [6.07, 6.45) is 3.57. The maximum atomic E-state index is 11.8. The number of rotatable bonds is 5. The van der Waals surface area contributed by atoms with Gasteiger partial charge in [0.05, 0.1) is 27.8 Å². The molecule has 4 aliphatic rings. The summed E-state index contributed by atoms with van der Waals surface area (Å²) in [4.78, 5) is 29.9. The van der Waals surface area contributed by atoms with E-state index < -0.39 is 9.84 Å². The van der Waals surface area contributed by atoms with Gasteiger partial charge in [0.2, 0.25) is 5.95 Å². The predicted molar refractivity (Wildman–Crippen MR) is 157 cm³/mol. The molecule has 4 aliphatic heterocycles. The predicted octanol–water partition coefficient (Wildman–Crippen LogP) is 2.34. The van der Waals surface area contributed by atoms with Gasteiger partial charge in [-0.2, -0.15) is 4.98 Å². The lowest BCUT2D eigenvalue weighted by Crippen LogP contribution is -2.59. The second-order valence-electron chi connectivity index (χ2n) is 10.3. The molecular formula is C27H27N9O2S2. The highest BCUT2D eigenvalue weighted by molar-refractivity contribution is 7.91. The molecule has 2 fully saturated rings. The van der Waals surface area contributed by atoms with Crippen LogP contribution in [-0.2, 0) is 9.84 Å². The first-order chi connectivity index (χ1) is 19.3. The minimum Gasteiger partial charge on any atom is -0.355 e. The van der Waals surface area contributed by atoms with Crippen molar-refractivity contribution in [2.75, 3.05) is 59.8 Å². The van der Waals surface area contributed by atoms with Crippen LogP contribution in [0.3, 0.4) is 0 Å². The summed E-state index contributed by atoms with van der Waals surface area (Å²) in [6.45, 7) is 4.53. The molecule has 0 amide bonds. The van der Waals surface area contributed by atoms with E-state index in [1.54, 1.807) is 17.5 Å². The number of likely N-dealkylation sites (N-methyl/N-ethyl adjacent to an activating group) is 1. The molecule has 8 heterocycles. The molecule has 11 nitrogen and oxygen atoms in total. The van der Waals surface area contributed by atoms with Crippen LogP contribution in [-0.4, -0.2) is 95.1 Å². The Bertz CT molecular complexity index is 1780. The van der Waals surface area contributed by atoms with Crippen molar-refractivity contribution in [1.29, 1.82) is 0 Å². The minimum absolute atomic E-state index is 0.0872. The van der Waals surface area contributed by atoms with E-state index >= 15 is 0 Å². The van der Waals surface area contributed by atoms with E-state index in [2.05, 4.69) is 44.0 Å². The lowest BCUT2D eigenvalue weighted by Gasteiger charge is -2.44. The number of pyridine rings is 2. The monoisotopic (exact) mass is 573 g/mol. The Morgan fingerprint density at radius 3 is 2.60 bits per heavy atom. The minimum atomic E-state index is -2.95. The zero-order valence-electron chi connectivity index (χ0n) is 22.1. The van der Waals surface area contributed by atoms with E-state index in [-0.39, 0.29) is 23.6 Å². The average Bonchev–Trinajstić information content (AvgIpc) is 3.37. The Kier molecular flexibility index (Phi) is 6.06. The number of fused-ring (bicyclic) bond motifs is 3. The van der Waals surface area contributed by atoms with Crippen molar-refractivity contribution in [3.63, 3.8) is 0 Å². The first kappa shape index (κ1) is 25.1. The van der Waals surface area contributed by atoms with Gasteiger partial charge in [-0.15, -0.1) is 11.3 Å². The molecule has 40 heavy (non-hydrogen) atoms. The first-order valence-corrected chi connectivity index (χ1v) is 15.7. The average molecular weight is 574 g/mol. The van der Waals surface area contributed by atoms with Crippen LogP contribution in [0.5, 0.6) is 0 Å². The molecule has 2 saturated heterocycles. The SMILES string of the molecule is Cc1cc(Nc2cc3nc(-c4ccnc(N5CCS(=O)(=O)CC5)c4)sc3cn2)nc(N2C[C@@H]3C#C[C@H]2CN3C)n1. The topological polar surface area (TPSA) is 120 Å². The Morgan fingerprint density at radius 1 is 1.00 bits per heavy atom. The molecular weight excluding hydrogens is 546 g/mol. The van der Waals surface area contributed by atoms with Gasteiger partial charge >= 0.3 is 0 Å². The second-order valence-corrected chi connectivity index (χ2v) is 13.7. The third kappa shape index (κ3) is 4.83. The number of thiazole rings is 1. The van der Waals surface area contributed by atoms with Crippen molar-refractivity contribution >= 4 is 54.8 Å². The van der Waals surface area contributed by atoms with Crippen LogP contribution in [0.2, 0.25) is 0 Å². The van der Waals surface area contributed by atoms with Crippen LogP contribution in [0.4, 0.5) is 23.4 Å². The van der Waals surface area contributed by atoms with Crippen LogP contribution in [0.1, 0.15) is 5.69 Å². The van der Waals surface area contributed by atoms with Gasteiger partial charge in [0.25, 0.3) is 0 Å². The van der Waals surface area contributed by atoms with E-state index in [9.17, 15) is 8.42 Å². The number of aryl methyl sites for hydroxylation is 1. The molecule has 204 valence electrons. The molecule has 0 saturated carbocycles. The number of sulfone groups is 1. The highest BCUT2D eigenvalue weighted by atomic mass is 32.2. The number of nitrogens with zero attached hydrogens (tertiary/aromatic N) is 8. The Morgan fingerprint density at radius 2 is 1.82 bits per heavy atom. The van der Waals surface area contributed by atoms with Gasteiger partial charge in [-0.25, -0.2) is 28.4 Å². The largest absolute Gasteiger partial charge is 0.355 e. The molecule has 2 bridgehead atoms. The highest BCUT2D eigenvalue weighted by Crippen LogP contribution is 2.33. The number of anilines is 4. The van der Waals surface area contributed by atoms with Gasteiger partial charge in [-0.1, -0.05) is 11.8 Å². The maximum absolute atomic E-state index is 11.8. The lowest BCUT2D eigenvalue weighted by molar-refractivity contribution is 0.233. The van der Waals surface area contributed by atoms with Crippen LogP contribution >= 0.6 is 11.3 Å². The van der Waals surface area contributed by atoms with Crippen LogP contribution in [0, 0.1) is 18.8 Å². The van der Waals surface area contributed by atoms with Gasteiger partial charge in [0.15, 0.2) is 9.84 Å². The summed E-state index contributed by atoms with van der Waals surface area (Å²) in [5, 5.41) is 4.20. The normalized spacial score (nSPS) is 21.9. The van der Waals surface area contributed by atoms with Crippen molar-refractivity contribution in [2.24, 2.45) is 0 Å². The molecule has 4 aromatic heterocycles. The van der Waals surface area contributed by atoms with E-state index in [4.69, 9.17) is 15.0 Å². The molecule has 2 atom stereocenters. The summed E-state index contributed by atoms with van der Waals surface area (Å²) >= 11 is 1.56. The fraction of sp³-hybridized carbons (Fsp3) is 0.370. The number of hydrogen-bond acceptors (Lipinski definition) is 12. The second kappa shape index (κ2) is 9.65. The van der Waals surface area contributed by atoms with E-state index in [0.29, 0.717) is 30.7 Å². The van der Waals surface area contributed by atoms with E-state index in [1.165, 1.54) is 0 Å². The molecule has 0 unspecified atom stereocenters. The lowest BCUT2D eigenvalue weighted by atomic mass is 10.0. The third-order valence-electron chi connectivity index (χ3n) is 7.45. The number of aromatic nitrogens is 5. The fourth-order valence-corrected chi connectivity index (χ4v) is 7.33. The van der Waals surface area contributed by atoms with Crippen LogP contribution < -0.4 is 15.1 Å². The summed E-state index contributed by atoms with van der Waals surface area (Å²) in [5.74, 6) is 9.71. The van der Waals surface area contributed by atoms with Crippen LogP contribution in [0.15, 0.2) is 36.7 Å². The molecule has 4 aromatic rings. The first-order valence-electron chi connectivity index (χ1n) is 13.1. The van der Waals surface area contributed by atoms with Crippen molar-refractivity contribution in [2.45, 2.75) is 19.0 Å². The standard InChI is InChI=1S/C27H27N9O2S2/c1-17-11-24(33-27(30-17)36-16-19-3-4-20(36)15-34(19)2)32-23-13-21-22(14-29-23)39-26(31-21)18-5-6-28-25(12-18)35-7-9-40(37,38)10-8-35/h5-6,11-14,19-20H,7-10,15-16H2,1-2H3,(H,29,30,32,33)/t19-,20-/m0/s1. The molecule has 0 aliphatic carbocycles. The smallest absolute Gasteiger partial charge is 0.228 e. The molecule has 13 heteroatoms. The molecule has 8 rings (SSSR count). The number of hydrogen-bond donors (Lipinski definition) is 1. The number of nitrogens with one attached hydrogen (secondary N) is 1. The maximum Gasteiger partial charge on any atom is 0.228 e. The van der Waals surface area contributed by atoms with E-state index in [1.807, 2.05) is 42.3 Å². The van der Waals surface area contributed by atoms with E-state index in [0.717, 1.165) is 45.4 Å². The van der Waals surface area contributed by atoms with Crippen molar-refractivity contribution in [3.05, 3.63) is 42.4 Å². The number of piperazine rings is 1. The third-order valence-corrected chi connectivity index (χ3v) is 10.1. The summed E-state index contributed by atoms with van der Waals surface area (Å²) in [5.41, 5.74) is 2.64. The van der Waals surface area contributed by atoms with Crippen molar-refractivity contribution in [3.8, 4) is 22.4 Å². The summed E-state index contributed by atoms with van der Waals surface area (Å²) in [6, 6.07) is 8.02. The van der Waals surface area contributed by atoms with Crippen molar-refractivity contribution in [1.82, 2.24) is 29.8 Å². The van der Waals surface area contributed by atoms with Gasteiger partial charge < -0.3 is 15.1 Å². The van der Waals surface area contributed by atoms with Gasteiger partial charge in [-0.05, 0) is 26.1 Å².